The van der Waals surface area contributed by atoms with E-state index in [9.17, 15) is 4.79 Å². The standard InChI is InChI=1S/C18H19NO2S/c1-4-5-8-21-13-6-7-16-14(10-13)19-17-11(2)9-15(20)12(3)18(17)22-16/h6-7,9-10H,4-5,8H2,1-3H3. The minimum atomic E-state index is 0.0851. The number of ether oxygens (including phenoxy) is 1. The first-order valence-electron chi connectivity index (χ1n) is 7.57. The van der Waals surface area contributed by atoms with Gasteiger partial charge in [-0.1, -0.05) is 13.3 Å². The summed E-state index contributed by atoms with van der Waals surface area (Å²) in [5.41, 5.74) is 3.64. The third-order valence-electron chi connectivity index (χ3n) is 3.79. The van der Waals surface area contributed by atoms with Crippen LogP contribution in [0.15, 0.2) is 29.1 Å². The number of nitrogens with zero attached hydrogens (tertiary/aromatic N) is 1. The molecule has 1 aliphatic carbocycles. The summed E-state index contributed by atoms with van der Waals surface area (Å²) in [5.74, 6) is 0.856. The van der Waals surface area contributed by atoms with Crippen molar-refractivity contribution < 1.29 is 4.74 Å². The maximum Gasteiger partial charge on any atom is 0.183 e. The van der Waals surface area contributed by atoms with E-state index in [0.717, 1.165) is 57.1 Å². The monoisotopic (exact) mass is 313 g/mol. The number of fused-ring (bicyclic) bond motifs is 2. The molecule has 1 heterocycles. The fourth-order valence-electron chi connectivity index (χ4n) is 2.43. The number of aryl methyl sites for hydroxylation is 1. The van der Waals surface area contributed by atoms with E-state index >= 15 is 0 Å². The molecule has 114 valence electrons. The maximum atomic E-state index is 11.9. The average Bonchev–Trinajstić information content (AvgIpc) is 2.51. The van der Waals surface area contributed by atoms with E-state index in [1.54, 1.807) is 17.4 Å². The van der Waals surface area contributed by atoms with Crippen LogP contribution in [-0.4, -0.2) is 11.6 Å². The Labute approximate surface area is 133 Å². The molecule has 3 rings (SSSR count). The molecule has 0 N–H and O–H groups in total. The zero-order valence-electron chi connectivity index (χ0n) is 13.1. The van der Waals surface area contributed by atoms with Crippen LogP contribution in [0.3, 0.4) is 0 Å². The molecule has 0 aromatic heterocycles. The summed E-state index contributed by atoms with van der Waals surface area (Å²) in [5, 5.41) is 0. The van der Waals surface area contributed by atoms with Crippen LogP contribution in [0.4, 0.5) is 0 Å². The van der Waals surface area contributed by atoms with E-state index < -0.39 is 0 Å². The van der Waals surface area contributed by atoms with Gasteiger partial charge >= 0.3 is 0 Å². The van der Waals surface area contributed by atoms with Gasteiger partial charge in [0.05, 0.1) is 27.4 Å². The predicted molar refractivity (Wildman–Crippen MR) is 92.4 cm³/mol. The minimum Gasteiger partial charge on any atom is -0.494 e. The summed E-state index contributed by atoms with van der Waals surface area (Å²) in [7, 11) is 0. The average molecular weight is 313 g/mol. The highest BCUT2D eigenvalue weighted by atomic mass is 32.1. The molecule has 0 unspecified atom stereocenters. The second-order valence-corrected chi connectivity index (χ2v) is 6.59. The van der Waals surface area contributed by atoms with Gasteiger partial charge in [-0.25, -0.2) is 4.98 Å². The number of rotatable bonds is 4. The van der Waals surface area contributed by atoms with Crippen molar-refractivity contribution in [1.82, 2.24) is 4.98 Å². The van der Waals surface area contributed by atoms with Gasteiger partial charge < -0.3 is 4.74 Å². The lowest BCUT2D eigenvalue weighted by atomic mass is 10.1. The van der Waals surface area contributed by atoms with Gasteiger partial charge in [0.25, 0.3) is 0 Å². The number of benzene rings is 2. The summed E-state index contributed by atoms with van der Waals surface area (Å²) in [4.78, 5) is 17.7. The zero-order valence-corrected chi connectivity index (χ0v) is 13.9. The van der Waals surface area contributed by atoms with Gasteiger partial charge in [0.1, 0.15) is 5.75 Å². The van der Waals surface area contributed by atoms with Crippen molar-refractivity contribution in [3.05, 3.63) is 45.6 Å². The fourth-order valence-corrected chi connectivity index (χ4v) is 3.55. The second-order valence-electron chi connectivity index (χ2n) is 5.54. The van der Waals surface area contributed by atoms with Crippen molar-refractivity contribution in [1.29, 1.82) is 0 Å². The minimum absolute atomic E-state index is 0.0851. The number of hydrogen-bond donors (Lipinski definition) is 0. The molecular formula is C18H19NO2S. The lowest BCUT2D eigenvalue weighted by Gasteiger charge is -2.12. The van der Waals surface area contributed by atoms with Crippen LogP contribution in [0.2, 0.25) is 0 Å². The van der Waals surface area contributed by atoms with Crippen molar-refractivity contribution in [2.45, 2.75) is 33.6 Å². The highest BCUT2D eigenvalue weighted by Crippen LogP contribution is 2.35. The van der Waals surface area contributed by atoms with Gasteiger partial charge in [-0.15, -0.1) is 11.3 Å². The largest absolute Gasteiger partial charge is 0.494 e. The quantitative estimate of drug-likeness (QED) is 0.523. The smallest absolute Gasteiger partial charge is 0.183 e. The summed E-state index contributed by atoms with van der Waals surface area (Å²) in [6, 6.07) is 7.66. The lowest BCUT2D eigenvalue weighted by Crippen LogP contribution is -2.08. The molecule has 0 amide bonds. The Bertz CT molecular complexity index is 854. The van der Waals surface area contributed by atoms with Crippen LogP contribution in [0, 0.1) is 13.8 Å². The van der Waals surface area contributed by atoms with Gasteiger partial charge in [-0.2, -0.15) is 0 Å². The highest BCUT2D eigenvalue weighted by Gasteiger charge is 2.15. The van der Waals surface area contributed by atoms with Crippen LogP contribution >= 0.6 is 11.3 Å². The van der Waals surface area contributed by atoms with Gasteiger partial charge in [0.15, 0.2) is 5.43 Å². The molecule has 3 nitrogen and oxygen atoms in total. The number of unbranched alkanes of at least 4 members (excludes halogenated alkanes) is 1. The van der Waals surface area contributed by atoms with Crippen LogP contribution in [0.1, 0.15) is 30.9 Å². The Kier molecular flexibility index (Phi) is 4.12. The molecule has 0 fully saturated rings. The van der Waals surface area contributed by atoms with Gasteiger partial charge in [0.2, 0.25) is 0 Å². The van der Waals surface area contributed by atoms with Crippen LogP contribution in [0.25, 0.3) is 20.8 Å². The lowest BCUT2D eigenvalue weighted by molar-refractivity contribution is 0.310. The third-order valence-corrected chi connectivity index (χ3v) is 5.06. The first-order valence-corrected chi connectivity index (χ1v) is 8.39. The molecule has 0 bridgehead atoms. The van der Waals surface area contributed by atoms with Crippen LogP contribution in [-0.2, 0) is 0 Å². The van der Waals surface area contributed by atoms with Crippen molar-refractivity contribution in [3.8, 4) is 16.3 Å². The molecule has 0 spiro atoms. The van der Waals surface area contributed by atoms with Crippen molar-refractivity contribution >= 4 is 21.6 Å². The summed E-state index contributed by atoms with van der Waals surface area (Å²) >= 11 is 1.63. The molecule has 22 heavy (non-hydrogen) atoms. The van der Waals surface area contributed by atoms with E-state index in [2.05, 4.69) is 6.92 Å². The normalized spacial score (nSPS) is 11.2. The Morgan fingerprint density at radius 2 is 2.05 bits per heavy atom. The van der Waals surface area contributed by atoms with Crippen LogP contribution < -0.4 is 10.2 Å². The Morgan fingerprint density at radius 3 is 2.82 bits per heavy atom. The topological polar surface area (TPSA) is 39.2 Å². The van der Waals surface area contributed by atoms with Gasteiger partial charge in [-0.3, -0.25) is 4.79 Å². The first kappa shape index (κ1) is 15.0. The Balaban J connectivity index is 2.12. The highest BCUT2D eigenvalue weighted by molar-refractivity contribution is 7.21. The molecule has 1 aliphatic heterocycles. The van der Waals surface area contributed by atoms with E-state index in [1.807, 2.05) is 32.0 Å². The van der Waals surface area contributed by atoms with Gasteiger partial charge in [-0.05, 0) is 44.0 Å². The zero-order chi connectivity index (χ0) is 15.7. The summed E-state index contributed by atoms with van der Waals surface area (Å²) in [6.45, 7) is 6.69. The van der Waals surface area contributed by atoms with Gasteiger partial charge in [0, 0.05) is 11.6 Å². The molecule has 0 atom stereocenters. The maximum absolute atomic E-state index is 11.9. The third kappa shape index (κ3) is 2.71. The van der Waals surface area contributed by atoms with Crippen molar-refractivity contribution in [2.24, 2.45) is 0 Å². The molecule has 1 aromatic carbocycles. The summed E-state index contributed by atoms with van der Waals surface area (Å²) < 4.78 is 6.83. The summed E-state index contributed by atoms with van der Waals surface area (Å²) in [6.07, 6.45) is 2.17. The van der Waals surface area contributed by atoms with E-state index in [0.29, 0.717) is 0 Å². The predicted octanol–water partition coefficient (Wildman–Crippen LogP) is 4.56. The second kappa shape index (κ2) is 6.05. The molecule has 0 saturated heterocycles. The molecular weight excluding hydrogens is 294 g/mol. The van der Waals surface area contributed by atoms with Crippen molar-refractivity contribution in [3.63, 3.8) is 0 Å². The molecule has 4 heteroatoms. The Morgan fingerprint density at radius 1 is 1.23 bits per heavy atom. The molecule has 0 radical (unpaired) electrons. The SMILES string of the molecule is CCCCOc1ccc2sc3c(C)c(=O)cc(C)c-3nc2c1. The van der Waals surface area contributed by atoms with E-state index in [-0.39, 0.29) is 5.43 Å². The first-order chi connectivity index (χ1) is 10.6. The molecule has 2 aliphatic rings. The number of hydrogen-bond acceptors (Lipinski definition) is 4. The molecule has 1 aromatic rings. The van der Waals surface area contributed by atoms with Crippen LogP contribution in [0.5, 0.6) is 5.75 Å². The Hall–Kier alpha value is -1.94. The fraction of sp³-hybridized carbons (Fsp3) is 0.333. The number of aromatic nitrogens is 1. The van der Waals surface area contributed by atoms with E-state index in [4.69, 9.17) is 9.72 Å². The molecule has 0 saturated carbocycles. The van der Waals surface area contributed by atoms with Crippen molar-refractivity contribution in [2.75, 3.05) is 6.61 Å². The van der Waals surface area contributed by atoms with E-state index in [1.165, 1.54) is 0 Å².